The third-order valence-electron chi connectivity index (χ3n) is 2.37. The van der Waals surface area contributed by atoms with Crippen LogP contribution in [0.4, 0.5) is 5.82 Å². The molecule has 84 valence electrons. The van der Waals surface area contributed by atoms with E-state index in [4.69, 9.17) is 10.8 Å². The number of nitrogens with zero attached hydrogens (tertiary/aromatic N) is 2. The van der Waals surface area contributed by atoms with Gasteiger partial charge in [-0.15, -0.1) is 0 Å². The fourth-order valence-electron chi connectivity index (χ4n) is 1.45. The minimum absolute atomic E-state index is 0.0135. The van der Waals surface area contributed by atoms with Gasteiger partial charge in [-0.3, -0.25) is 0 Å². The molecular weight excluding hydrogens is 190 g/mol. The van der Waals surface area contributed by atoms with Gasteiger partial charge in [0, 0.05) is 25.3 Å². The Morgan fingerprint density at radius 2 is 2.33 bits per heavy atom. The fraction of sp³-hybridized carbons (Fsp3) is 0.545. The average Bonchev–Trinajstić information content (AvgIpc) is 2.26. The molecule has 0 saturated heterocycles. The lowest BCUT2D eigenvalue weighted by Gasteiger charge is -2.21. The van der Waals surface area contributed by atoms with Crippen molar-refractivity contribution >= 4 is 5.82 Å². The van der Waals surface area contributed by atoms with E-state index in [1.54, 1.807) is 6.20 Å². The summed E-state index contributed by atoms with van der Waals surface area (Å²) in [5.41, 5.74) is 6.87. The minimum atomic E-state index is 0.0135. The van der Waals surface area contributed by atoms with Gasteiger partial charge in [-0.05, 0) is 31.5 Å². The van der Waals surface area contributed by atoms with Crippen LogP contribution in [-0.4, -0.2) is 29.8 Å². The lowest BCUT2D eigenvalue weighted by molar-refractivity contribution is 0.302. The van der Waals surface area contributed by atoms with E-state index in [9.17, 15) is 0 Å². The molecule has 4 heteroatoms. The van der Waals surface area contributed by atoms with E-state index in [1.807, 2.05) is 30.9 Å². The van der Waals surface area contributed by atoms with E-state index < -0.39 is 0 Å². The van der Waals surface area contributed by atoms with Crippen LogP contribution >= 0.6 is 0 Å². The highest BCUT2D eigenvalue weighted by Gasteiger charge is 2.07. The zero-order valence-corrected chi connectivity index (χ0v) is 9.35. The van der Waals surface area contributed by atoms with E-state index in [1.165, 1.54) is 0 Å². The standard InChI is InChI=1S/C11H19N3O/c1-3-14(6-7-15)11-8-10(9(2)12)4-5-13-11/h4-5,8-9,15H,3,6-7,12H2,1-2H3/t9-/m1/s1. The van der Waals surface area contributed by atoms with Crippen molar-refractivity contribution in [3.8, 4) is 0 Å². The van der Waals surface area contributed by atoms with Crippen LogP contribution in [0.5, 0.6) is 0 Å². The first-order valence-corrected chi connectivity index (χ1v) is 5.26. The Balaban J connectivity index is 2.87. The van der Waals surface area contributed by atoms with Gasteiger partial charge in [0.2, 0.25) is 0 Å². The molecule has 0 radical (unpaired) electrons. The SMILES string of the molecule is CCN(CCO)c1cc([C@@H](C)N)ccn1. The summed E-state index contributed by atoms with van der Waals surface area (Å²) in [7, 11) is 0. The smallest absolute Gasteiger partial charge is 0.128 e. The number of aliphatic hydroxyl groups excluding tert-OH is 1. The van der Waals surface area contributed by atoms with Crippen LogP contribution in [0.2, 0.25) is 0 Å². The number of aliphatic hydroxyl groups is 1. The van der Waals surface area contributed by atoms with Crippen molar-refractivity contribution in [3.05, 3.63) is 23.9 Å². The second-order valence-electron chi connectivity index (χ2n) is 3.54. The molecule has 1 rings (SSSR count). The average molecular weight is 209 g/mol. The number of anilines is 1. The Morgan fingerprint density at radius 3 is 2.87 bits per heavy atom. The van der Waals surface area contributed by atoms with E-state index in [0.29, 0.717) is 6.54 Å². The molecule has 1 aromatic rings. The normalized spacial score (nSPS) is 12.5. The molecule has 0 aliphatic rings. The number of aromatic nitrogens is 1. The van der Waals surface area contributed by atoms with Gasteiger partial charge < -0.3 is 15.7 Å². The van der Waals surface area contributed by atoms with E-state index in [2.05, 4.69) is 4.98 Å². The number of likely N-dealkylation sites (N-methyl/N-ethyl adjacent to an activating group) is 1. The maximum absolute atomic E-state index is 8.91. The summed E-state index contributed by atoms with van der Waals surface area (Å²) in [4.78, 5) is 6.29. The Bertz CT molecular complexity index is 302. The molecule has 0 aromatic carbocycles. The van der Waals surface area contributed by atoms with Crippen molar-refractivity contribution in [1.82, 2.24) is 4.98 Å². The van der Waals surface area contributed by atoms with Crippen LogP contribution in [0.3, 0.4) is 0 Å². The molecule has 0 amide bonds. The summed E-state index contributed by atoms with van der Waals surface area (Å²) < 4.78 is 0. The van der Waals surface area contributed by atoms with Crippen LogP contribution < -0.4 is 10.6 Å². The highest BCUT2D eigenvalue weighted by Crippen LogP contribution is 2.16. The molecule has 0 bridgehead atoms. The first-order valence-electron chi connectivity index (χ1n) is 5.26. The van der Waals surface area contributed by atoms with Crippen molar-refractivity contribution < 1.29 is 5.11 Å². The number of nitrogens with two attached hydrogens (primary N) is 1. The summed E-state index contributed by atoms with van der Waals surface area (Å²) in [6.45, 7) is 5.55. The monoisotopic (exact) mass is 209 g/mol. The first-order chi connectivity index (χ1) is 7.19. The lowest BCUT2D eigenvalue weighted by atomic mass is 10.1. The van der Waals surface area contributed by atoms with Gasteiger partial charge in [-0.1, -0.05) is 0 Å². The summed E-state index contributed by atoms with van der Waals surface area (Å²) in [5, 5.41) is 8.91. The molecule has 0 spiro atoms. The van der Waals surface area contributed by atoms with Gasteiger partial charge in [0.05, 0.1) is 6.61 Å². The van der Waals surface area contributed by atoms with Crippen LogP contribution in [-0.2, 0) is 0 Å². The van der Waals surface area contributed by atoms with Gasteiger partial charge in [0.1, 0.15) is 5.82 Å². The lowest BCUT2D eigenvalue weighted by Crippen LogP contribution is -2.27. The number of pyridine rings is 1. The fourth-order valence-corrected chi connectivity index (χ4v) is 1.45. The first kappa shape index (κ1) is 11.9. The van der Waals surface area contributed by atoms with Gasteiger partial charge in [-0.2, -0.15) is 0 Å². The van der Waals surface area contributed by atoms with Crippen LogP contribution in [0.1, 0.15) is 25.5 Å². The third-order valence-corrected chi connectivity index (χ3v) is 2.37. The van der Waals surface area contributed by atoms with Crippen molar-refractivity contribution in [2.24, 2.45) is 5.73 Å². The second kappa shape index (κ2) is 5.68. The molecule has 1 heterocycles. The molecule has 0 fully saturated rings. The van der Waals surface area contributed by atoms with Crippen LogP contribution in [0.15, 0.2) is 18.3 Å². The molecule has 4 nitrogen and oxygen atoms in total. The van der Waals surface area contributed by atoms with Crippen molar-refractivity contribution in [2.75, 3.05) is 24.6 Å². The maximum atomic E-state index is 8.91. The Kier molecular flexibility index (Phi) is 4.52. The van der Waals surface area contributed by atoms with Gasteiger partial charge in [0.15, 0.2) is 0 Å². The quantitative estimate of drug-likeness (QED) is 0.757. The van der Waals surface area contributed by atoms with Crippen molar-refractivity contribution in [2.45, 2.75) is 19.9 Å². The number of hydrogen-bond acceptors (Lipinski definition) is 4. The Morgan fingerprint density at radius 1 is 1.60 bits per heavy atom. The Labute approximate surface area is 90.7 Å². The molecule has 0 aliphatic heterocycles. The van der Waals surface area contributed by atoms with Gasteiger partial charge in [-0.25, -0.2) is 4.98 Å². The molecule has 15 heavy (non-hydrogen) atoms. The zero-order valence-electron chi connectivity index (χ0n) is 9.35. The summed E-state index contributed by atoms with van der Waals surface area (Å²) in [6.07, 6.45) is 1.76. The Hall–Kier alpha value is -1.13. The number of rotatable bonds is 5. The molecule has 0 saturated carbocycles. The van der Waals surface area contributed by atoms with Crippen molar-refractivity contribution in [3.63, 3.8) is 0 Å². The molecule has 1 aromatic heterocycles. The summed E-state index contributed by atoms with van der Waals surface area (Å²) >= 11 is 0. The highest BCUT2D eigenvalue weighted by atomic mass is 16.3. The second-order valence-corrected chi connectivity index (χ2v) is 3.54. The van der Waals surface area contributed by atoms with Crippen molar-refractivity contribution in [1.29, 1.82) is 0 Å². The largest absolute Gasteiger partial charge is 0.395 e. The van der Waals surface area contributed by atoms with E-state index in [0.717, 1.165) is 17.9 Å². The zero-order chi connectivity index (χ0) is 11.3. The molecule has 0 unspecified atom stereocenters. The summed E-state index contributed by atoms with van der Waals surface area (Å²) in [5.74, 6) is 0.876. The minimum Gasteiger partial charge on any atom is -0.395 e. The molecule has 3 N–H and O–H groups in total. The van der Waals surface area contributed by atoms with Gasteiger partial charge in [0.25, 0.3) is 0 Å². The maximum Gasteiger partial charge on any atom is 0.128 e. The van der Waals surface area contributed by atoms with E-state index >= 15 is 0 Å². The molecular formula is C11H19N3O. The molecule has 1 atom stereocenters. The number of hydrogen-bond donors (Lipinski definition) is 2. The predicted molar refractivity (Wildman–Crippen MR) is 61.8 cm³/mol. The predicted octanol–water partition coefficient (Wildman–Crippen LogP) is 0.920. The van der Waals surface area contributed by atoms with Crippen LogP contribution in [0.25, 0.3) is 0 Å². The molecule has 0 aliphatic carbocycles. The topological polar surface area (TPSA) is 62.4 Å². The highest BCUT2D eigenvalue weighted by molar-refractivity contribution is 5.41. The third kappa shape index (κ3) is 3.18. The van der Waals surface area contributed by atoms with Crippen LogP contribution in [0, 0.1) is 0 Å². The summed E-state index contributed by atoms with van der Waals surface area (Å²) in [6, 6.07) is 3.91. The van der Waals surface area contributed by atoms with E-state index in [-0.39, 0.29) is 12.6 Å². The van der Waals surface area contributed by atoms with Gasteiger partial charge >= 0.3 is 0 Å².